The first-order valence-electron chi connectivity index (χ1n) is 8.13. The molecular formula is C18H18BrNO3S. The topological polar surface area (TPSA) is 63.2 Å². The Balaban J connectivity index is 1.96. The molecule has 0 spiro atoms. The van der Waals surface area contributed by atoms with Gasteiger partial charge in [0.1, 0.15) is 0 Å². The van der Waals surface area contributed by atoms with Crippen molar-refractivity contribution in [2.45, 2.75) is 38.5 Å². The lowest BCUT2D eigenvalue weighted by Gasteiger charge is -2.33. The molecule has 0 aromatic heterocycles. The predicted molar refractivity (Wildman–Crippen MR) is 96.1 cm³/mol. The quantitative estimate of drug-likeness (QED) is 0.773. The van der Waals surface area contributed by atoms with Crippen molar-refractivity contribution in [1.29, 1.82) is 0 Å². The molecule has 0 bridgehead atoms. The SMILES string of the molecule is Cc1ccc(C2C3=C(CCCC3=O)NC3=C2S(=O)(=O)CC3)cc1Br. The maximum atomic E-state index is 12.7. The molecule has 1 unspecified atom stereocenters. The Morgan fingerprint density at radius 3 is 2.71 bits per heavy atom. The molecule has 1 N–H and O–H groups in total. The molecule has 2 aliphatic heterocycles. The zero-order valence-corrected chi connectivity index (χ0v) is 15.8. The third-order valence-corrected chi connectivity index (χ3v) is 7.84. The lowest BCUT2D eigenvalue weighted by molar-refractivity contribution is -0.116. The Hall–Kier alpha value is -1.40. The Morgan fingerprint density at radius 2 is 1.96 bits per heavy atom. The second-order valence-corrected chi connectivity index (χ2v) is 9.58. The summed E-state index contributed by atoms with van der Waals surface area (Å²) in [6, 6.07) is 5.87. The lowest BCUT2D eigenvalue weighted by Crippen LogP contribution is -2.32. The smallest absolute Gasteiger partial charge is 0.177 e. The molecule has 126 valence electrons. The van der Waals surface area contributed by atoms with Gasteiger partial charge in [-0.1, -0.05) is 28.1 Å². The summed E-state index contributed by atoms with van der Waals surface area (Å²) in [7, 11) is -3.33. The van der Waals surface area contributed by atoms with E-state index in [9.17, 15) is 13.2 Å². The van der Waals surface area contributed by atoms with Crippen LogP contribution in [-0.2, 0) is 14.6 Å². The fraction of sp³-hybridized carbons (Fsp3) is 0.389. The number of allylic oxidation sites excluding steroid dienone is 4. The van der Waals surface area contributed by atoms with E-state index in [2.05, 4.69) is 21.2 Å². The monoisotopic (exact) mass is 407 g/mol. The number of rotatable bonds is 1. The Morgan fingerprint density at radius 1 is 1.17 bits per heavy atom. The average Bonchev–Trinajstić information content (AvgIpc) is 2.84. The van der Waals surface area contributed by atoms with E-state index in [0.29, 0.717) is 23.3 Å². The molecule has 2 heterocycles. The van der Waals surface area contributed by atoms with Gasteiger partial charge in [0, 0.05) is 34.3 Å². The molecule has 0 fully saturated rings. The molecule has 1 aromatic carbocycles. The number of benzene rings is 1. The van der Waals surface area contributed by atoms with Crippen LogP contribution in [0.3, 0.4) is 0 Å². The van der Waals surface area contributed by atoms with Crippen LogP contribution in [-0.4, -0.2) is 20.0 Å². The van der Waals surface area contributed by atoms with Crippen LogP contribution < -0.4 is 5.32 Å². The van der Waals surface area contributed by atoms with Gasteiger partial charge in [-0.25, -0.2) is 8.42 Å². The molecule has 1 atom stereocenters. The second-order valence-electron chi connectivity index (χ2n) is 6.65. The molecule has 0 radical (unpaired) electrons. The van der Waals surface area contributed by atoms with E-state index in [0.717, 1.165) is 39.8 Å². The summed E-state index contributed by atoms with van der Waals surface area (Å²) in [6.45, 7) is 1.99. The molecule has 1 aliphatic carbocycles. The number of Topliss-reactive ketones (excluding diaryl/α,β-unsaturated/α-hetero) is 1. The molecule has 3 aliphatic rings. The van der Waals surface area contributed by atoms with Gasteiger partial charge in [0.05, 0.1) is 16.6 Å². The van der Waals surface area contributed by atoms with E-state index in [4.69, 9.17) is 0 Å². The standard InChI is InChI=1S/C18H18BrNO3S/c1-10-5-6-11(9-12(10)19)16-17-13(3-2-4-15(17)21)20-14-7-8-24(22,23)18(14)16/h5-6,9,16,20H,2-4,7-8H2,1H3. The Kier molecular flexibility index (Phi) is 3.73. The summed E-state index contributed by atoms with van der Waals surface area (Å²) in [5, 5.41) is 3.28. The van der Waals surface area contributed by atoms with Gasteiger partial charge < -0.3 is 5.32 Å². The van der Waals surface area contributed by atoms with E-state index in [1.807, 2.05) is 25.1 Å². The number of nitrogens with one attached hydrogen (secondary N) is 1. The van der Waals surface area contributed by atoms with Crippen molar-refractivity contribution in [3.05, 3.63) is 55.7 Å². The first-order valence-corrected chi connectivity index (χ1v) is 10.6. The summed E-state index contributed by atoms with van der Waals surface area (Å²) in [6.07, 6.45) is 2.63. The van der Waals surface area contributed by atoms with E-state index in [-0.39, 0.29) is 11.5 Å². The summed E-state index contributed by atoms with van der Waals surface area (Å²) >= 11 is 3.53. The number of hydrogen-bond donors (Lipinski definition) is 1. The van der Waals surface area contributed by atoms with Crippen molar-refractivity contribution in [1.82, 2.24) is 5.32 Å². The molecule has 4 nitrogen and oxygen atoms in total. The van der Waals surface area contributed by atoms with Crippen LogP contribution in [0.1, 0.15) is 42.7 Å². The summed E-state index contributed by atoms with van der Waals surface area (Å²) in [5.74, 6) is -0.268. The number of carbonyl (C=O) groups excluding carboxylic acids is 1. The van der Waals surface area contributed by atoms with Crippen molar-refractivity contribution in [3.63, 3.8) is 0 Å². The number of ketones is 1. The van der Waals surface area contributed by atoms with Crippen molar-refractivity contribution >= 4 is 31.6 Å². The van der Waals surface area contributed by atoms with E-state index in [1.165, 1.54) is 0 Å². The van der Waals surface area contributed by atoms with Crippen LogP contribution in [0.25, 0.3) is 0 Å². The number of hydrogen-bond acceptors (Lipinski definition) is 4. The highest BCUT2D eigenvalue weighted by atomic mass is 79.9. The zero-order chi connectivity index (χ0) is 17.1. The second kappa shape index (κ2) is 5.56. The fourth-order valence-corrected chi connectivity index (χ4v) is 6.11. The van der Waals surface area contributed by atoms with Crippen LogP contribution in [0.2, 0.25) is 0 Å². The highest BCUT2D eigenvalue weighted by molar-refractivity contribution is 9.10. The lowest BCUT2D eigenvalue weighted by atomic mass is 9.79. The van der Waals surface area contributed by atoms with Gasteiger partial charge in [-0.3, -0.25) is 4.79 Å². The maximum absolute atomic E-state index is 12.7. The van der Waals surface area contributed by atoms with E-state index in [1.54, 1.807) is 0 Å². The van der Waals surface area contributed by atoms with Gasteiger partial charge >= 0.3 is 0 Å². The van der Waals surface area contributed by atoms with Gasteiger partial charge in [0.2, 0.25) is 0 Å². The number of dihydropyridines is 1. The molecule has 6 heteroatoms. The van der Waals surface area contributed by atoms with Crippen LogP contribution >= 0.6 is 15.9 Å². The number of halogens is 1. The Bertz CT molecular complexity index is 928. The average molecular weight is 408 g/mol. The third kappa shape index (κ3) is 2.39. The van der Waals surface area contributed by atoms with Gasteiger partial charge in [0.15, 0.2) is 15.6 Å². The number of aryl methyl sites for hydroxylation is 1. The van der Waals surface area contributed by atoms with Crippen LogP contribution in [0.4, 0.5) is 0 Å². The Labute approximate surface area is 150 Å². The highest BCUT2D eigenvalue weighted by Crippen LogP contribution is 2.47. The molecule has 4 rings (SSSR count). The van der Waals surface area contributed by atoms with E-state index >= 15 is 0 Å². The normalized spacial score (nSPS) is 25.4. The van der Waals surface area contributed by atoms with E-state index < -0.39 is 15.8 Å². The first-order chi connectivity index (χ1) is 11.4. The van der Waals surface area contributed by atoms with Crippen LogP contribution in [0.15, 0.2) is 44.5 Å². The molecule has 0 saturated carbocycles. The van der Waals surface area contributed by atoms with Gasteiger partial charge in [-0.2, -0.15) is 0 Å². The summed E-state index contributed by atoms with van der Waals surface area (Å²) < 4.78 is 26.3. The minimum Gasteiger partial charge on any atom is -0.361 e. The third-order valence-electron chi connectivity index (χ3n) is 5.09. The molecule has 0 saturated heterocycles. The predicted octanol–water partition coefficient (Wildman–Crippen LogP) is 3.48. The van der Waals surface area contributed by atoms with Crippen molar-refractivity contribution in [2.24, 2.45) is 0 Å². The minimum absolute atomic E-state index is 0.0686. The minimum atomic E-state index is -3.33. The zero-order valence-electron chi connectivity index (χ0n) is 13.4. The molecular weight excluding hydrogens is 390 g/mol. The molecule has 1 aromatic rings. The maximum Gasteiger partial charge on any atom is 0.177 e. The molecule has 24 heavy (non-hydrogen) atoms. The van der Waals surface area contributed by atoms with Crippen LogP contribution in [0.5, 0.6) is 0 Å². The molecule has 0 amide bonds. The van der Waals surface area contributed by atoms with Gasteiger partial charge in [-0.05, 0) is 37.0 Å². The largest absolute Gasteiger partial charge is 0.361 e. The van der Waals surface area contributed by atoms with Crippen molar-refractivity contribution in [3.8, 4) is 0 Å². The van der Waals surface area contributed by atoms with Crippen LogP contribution in [0, 0.1) is 6.92 Å². The fourth-order valence-electron chi connectivity index (χ4n) is 3.88. The van der Waals surface area contributed by atoms with Gasteiger partial charge in [0.25, 0.3) is 0 Å². The number of sulfone groups is 1. The summed E-state index contributed by atoms with van der Waals surface area (Å²) in [4.78, 5) is 13.0. The highest BCUT2D eigenvalue weighted by Gasteiger charge is 2.44. The number of carbonyl (C=O) groups is 1. The van der Waals surface area contributed by atoms with Gasteiger partial charge in [-0.15, -0.1) is 0 Å². The van der Waals surface area contributed by atoms with Crippen molar-refractivity contribution in [2.75, 3.05) is 5.75 Å². The first kappa shape index (κ1) is 16.1. The van der Waals surface area contributed by atoms with Crippen molar-refractivity contribution < 1.29 is 13.2 Å². The summed E-state index contributed by atoms with van der Waals surface area (Å²) in [5.41, 5.74) is 4.31.